The molecule has 4 nitrogen and oxygen atoms in total. The van der Waals surface area contributed by atoms with Crippen molar-refractivity contribution in [2.45, 2.75) is 19.4 Å². The standard InChI is InChI=1S/C15H25N3O/c1-15(2,16)12-17-8-10-18(11-9-17)13-6-4-5-7-14(13)19-3/h4-7H,8-12,16H2,1-3H3. The predicted molar refractivity (Wildman–Crippen MR) is 79.9 cm³/mol. The first kappa shape index (κ1) is 14.2. The smallest absolute Gasteiger partial charge is 0.142 e. The van der Waals surface area contributed by atoms with E-state index in [2.05, 4.69) is 35.8 Å². The lowest BCUT2D eigenvalue weighted by Gasteiger charge is -2.39. The average Bonchev–Trinajstić information content (AvgIpc) is 2.38. The zero-order chi connectivity index (χ0) is 13.9. The Hall–Kier alpha value is -1.26. The van der Waals surface area contributed by atoms with Gasteiger partial charge >= 0.3 is 0 Å². The first-order chi connectivity index (χ1) is 8.99. The Morgan fingerprint density at radius 2 is 1.79 bits per heavy atom. The van der Waals surface area contributed by atoms with Crippen LogP contribution in [-0.4, -0.2) is 50.3 Å². The molecule has 1 saturated heterocycles. The van der Waals surface area contributed by atoms with Crippen LogP contribution < -0.4 is 15.4 Å². The fourth-order valence-electron chi connectivity index (χ4n) is 2.61. The van der Waals surface area contributed by atoms with Gasteiger partial charge in [0, 0.05) is 38.3 Å². The first-order valence-corrected chi connectivity index (χ1v) is 6.89. The van der Waals surface area contributed by atoms with E-state index in [1.165, 1.54) is 5.69 Å². The average molecular weight is 263 g/mol. The number of piperazine rings is 1. The third kappa shape index (κ3) is 3.85. The molecule has 4 heteroatoms. The minimum Gasteiger partial charge on any atom is -0.495 e. The van der Waals surface area contributed by atoms with Crippen LogP contribution in [0.25, 0.3) is 0 Å². The van der Waals surface area contributed by atoms with Crippen LogP contribution in [0.4, 0.5) is 5.69 Å². The van der Waals surface area contributed by atoms with Crippen LogP contribution in [-0.2, 0) is 0 Å². The number of anilines is 1. The number of benzene rings is 1. The second kappa shape index (κ2) is 5.80. The second-order valence-corrected chi connectivity index (χ2v) is 5.92. The topological polar surface area (TPSA) is 41.7 Å². The van der Waals surface area contributed by atoms with Crippen molar-refractivity contribution in [3.05, 3.63) is 24.3 Å². The van der Waals surface area contributed by atoms with Crippen LogP contribution >= 0.6 is 0 Å². The lowest BCUT2D eigenvalue weighted by molar-refractivity contribution is 0.214. The Morgan fingerprint density at radius 1 is 1.16 bits per heavy atom. The number of methoxy groups -OCH3 is 1. The summed E-state index contributed by atoms with van der Waals surface area (Å²) in [6, 6.07) is 8.22. The quantitative estimate of drug-likeness (QED) is 0.895. The Balaban J connectivity index is 1.96. The molecule has 1 fully saturated rings. The van der Waals surface area contributed by atoms with Crippen LogP contribution in [0.3, 0.4) is 0 Å². The molecule has 106 valence electrons. The van der Waals surface area contributed by atoms with Gasteiger partial charge < -0.3 is 15.4 Å². The fraction of sp³-hybridized carbons (Fsp3) is 0.600. The van der Waals surface area contributed by atoms with Crippen LogP contribution in [0.2, 0.25) is 0 Å². The van der Waals surface area contributed by atoms with Crippen LogP contribution in [0.15, 0.2) is 24.3 Å². The monoisotopic (exact) mass is 263 g/mol. The second-order valence-electron chi connectivity index (χ2n) is 5.92. The maximum absolute atomic E-state index is 6.08. The molecule has 2 rings (SSSR count). The minimum absolute atomic E-state index is 0.118. The molecule has 1 heterocycles. The van der Waals surface area contributed by atoms with Crippen molar-refractivity contribution in [3.8, 4) is 5.75 Å². The molecular weight excluding hydrogens is 238 g/mol. The van der Waals surface area contributed by atoms with E-state index in [-0.39, 0.29) is 5.54 Å². The summed E-state index contributed by atoms with van der Waals surface area (Å²) in [6.07, 6.45) is 0. The summed E-state index contributed by atoms with van der Waals surface area (Å²) >= 11 is 0. The molecule has 0 saturated carbocycles. The van der Waals surface area contributed by atoms with Crippen molar-refractivity contribution in [1.82, 2.24) is 4.90 Å². The number of rotatable bonds is 4. The molecule has 0 bridgehead atoms. The molecule has 0 radical (unpaired) electrons. The van der Waals surface area contributed by atoms with Gasteiger partial charge in [0.25, 0.3) is 0 Å². The molecule has 0 atom stereocenters. The fourth-order valence-corrected chi connectivity index (χ4v) is 2.61. The predicted octanol–water partition coefficient (Wildman–Crippen LogP) is 1.55. The Bertz CT molecular complexity index is 406. The van der Waals surface area contributed by atoms with Crippen LogP contribution in [0.1, 0.15) is 13.8 Å². The van der Waals surface area contributed by atoms with Crippen molar-refractivity contribution in [3.63, 3.8) is 0 Å². The zero-order valence-corrected chi connectivity index (χ0v) is 12.2. The van der Waals surface area contributed by atoms with E-state index in [0.29, 0.717) is 0 Å². The molecule has 0 amide bonds. The van der Waals surface area contributed by atoms with Crippen molar-refractivity contribution in [2.75, 3.05) is 44.7 Å². The van der Waals surface area contributed by atoms with E-state index in [1.807, 2.05) is 12.1 Å². The highest BCUT2D eigenvalue weighted by Crippen LogP contribution is 2.28. The minimum atomic E-state index is -0.118. The molecule has 1 aliphatic rings. The highest BCUT2D eigenvalue weighted by Gasteiger charge is 2.23. The maximum Gasteiger partial charge on any atom is 0.142 e. The van der Waals surface area contributed by atoms with E-state index in [4.69, 9.17) is 10.5 Å². The van der Waals surface area contributed by atoms with E-state index >= 15 is 0 Å². The van der Waals surface area contributed by atoms with E-state index in [9.17, 15) is 0 Å². The van der Waals surface area contributed by atoms with Crippen molar-refractivity contribution < 1.29 is 4.74 Å². The summed E-state index contributed by atoms with van der Waals surface area (Å²) in [6.45, 7) is 9.27. The Morgan fingerprint density at radius 3 is 2.37 bits per heavy atom. The largest absolute Gasteiger partial charge is 0.495 e. The number of ether oxygens (including phenoxy) is 1. The summed E-state index contributed by atoms with van der Waals surface area (Å²) in [4.78, 5) is 4.82. The third-order valence-electron chi connectivity index (χ3n) is 3.43. The van der Waals surface area contributed by atoms with Gasteiger partial charge in [-0.15, -0.1) is 0 Å². The van der Waals surface area contributed by atoms with E-state index < -0.39 is 0 Å². The molecular formula is C15H25N3O. The van der Waals surface area contributed by atoms with Crippen LogP contribution in [0.5, 0.6) is 5.75 Å². The van der Waals surface area contributed by atoms with Gasteiger partial charge in [0.05, 0.1) is 12.8 Å². The first-order valence-electron chi connectivity index (χ1n) is 6.89. The normalized spacial score (nSPS) is 17.6. The van der Waals surface area contributed by atoms with Gasteiger partial charge in [-0.25, -0.2) is 0 Å². The van der Waals surface area contributed by atoms with Gasteiger partial charge in [-0.3, -0.25) is 4.90 Å². The van der Waals surface area contributed by atoms with Crippen LogP contribution in [0, 0.1) is 0 Å². The number of nitrogens with zero attached hydrogens (tertiary/aromatic N) is 2. The molecule has 1 aromatic rings. The summed E-state index contributed by atoms with van der Waals surface area (Å²) < 4.78 is 5.43. The van der Waals surface area contributed by atoms with E-state index in [0.717, 1.165) is 38.5 Å². The lowest BCUT2D eigenvalue weighted by atomic mass is 10.1. The molecule has 0 aromatic heterocycles. The van der Waals surface area contributed by atoms with Gasteiger partial charge in [-0.1, -0.05) is 12.1 Å². The van der Waals surface area contributed by atoms with Gasteiger partial charge in [0.1, 0.15) is 5.75 Å². The zero-order valence-electron chi connectivity index (χ0n) is 12.2. The van der Waals surface area contributed by atoms with Gasteiger partial charge in [-0.05, 0) is 26.0 Å². The van der Waals surface area contributed by atoms with Crippen molar-refractivity contribution in [1.29, 1.82) is 0 Å². The summed E-state index contributed by atoms with van der Waals surface area (Å²) in [5.74, 6) is 0.954. The lowest BCUT2D eigenvalue weighted by Crippen LogP contribution is -2.53. The SMILES string of the molecule is COc1ccccc1N1CCN(CC(C)(C)N)CC1. The molecule has 19 heavy (non-hydrogen) atoms. The van der Waals surface area contributed by atoms with Gasteiger partial charge in [0.2, 0.25) is 0 Å². The summed E-state index contributed by atoms with van der Waals surface area (Å²) in [5.41, 5.74) is 7.16. The highest BCUT2D eigenvalue weighted by molar-refractivity contribution is 5.58. The summed E-state index contributed by atoms with van der Waals surface area (Å²) in [7, 11) is 1.73. The maximum atomic E-state index is 6.08. The van der Waals surface area contributed by atoms with Gasteiger partial charge in [-0.2, -0.15) is 0 Å². The highest BCUT2D eigenvalue weighted by atomic mass is 16.5. The molecule has 1 aliphatic heterocycles. The number of hydrogen-bond acceptors (Lipinski definition) is 4. The molecule has 2 N–H and O–H groups in total. The molecule has 0 spiro atoms. The number of nitrogens with two attached hydrogens (primary N) is 1. The Kier molecular flexibility index (Phi) is 4.32. The third-order valence-corrected chi connectivity index (χ3v) is 3.43. The molecule has 0 aliphatic carbocycles. The van der Waals surface area contributed by atoms with E-state index in [1.54, 1.807) is 7.11 Å². The number of para-hydroxylation sites is 2. The number of hydrogen-bond donors (Lipinski definition) is 1. The van der Waals surface area contributed by atoms with Gasteiger partial charge in [0.15, 0.2) is 0 Å². The molecule has 0 unspecified atom stereocenters. The van der Waals surface area contributed by atoms with Crippen molar-refractivity contribution in [2.24, 2.45) is 5.73 Å². The summed E-state index contributed by atoms with van der Waals surface area (Å²) in [5, 5.41) is 0. The van der Waals surface area contributed by atoms with Crippen molar-refractivity contribution >= 4 is 5.69 Å². The Labute approximate surface area is 116 Å². The molecule has 1 aromatic carbocycles.